The summed E-state index contributed by atoms with van der Waals surface area (Å²) in [6.07, 6.45) is 13.7. The molecule has 0 aliphatic carbocycles. The summed E-state index contributed by atoms with van der Waals surface area (Å²) in [5.41, 5.74) is 7.42. The number of benzene rings is 2. The first kappa shape index (κ1) is 32.8. The lowest BCUT2D eigenvalue weighted by Crippen LogP contribution is -2.09. The fourth-order valence-electron chi connectivity index (χ4n) is 5.47. The zero-order valence-corrected chi connectivity index (χ0v) is 27.8. The highest BCUT2D eigenvalue weighted by Gasteiger charge is 2.19. The van der Waals surface area contributed by atoms with Crippen LogP contribution in [0.15, 0.2) is 32.7 Å². The molecular weight excluding hydrogens is 511 g/mol. The van der Waals surface area contributed by atoms with Crippen LogP contribution < -0.4 is 4.52 Å². The van der Waals surface area contributed by atoms with Crippen molar-refractivity contribution >= 4 is 30.2 Å². The number of hydrogen-bond donors (Lipinski definition) is 0. The lowest BCUT2D eigenvalue weighted by Gasteiger charge is -2.15. The maximum Gasteiger partial charge on any atom is 0.387 e. The molecule has 40 heavy (non-hydrogen) atoms. The topological polar surface area (TPSA) is 35.5 Å². The quantitative estimate of drug-likeness (QED) is 0.162. The van der Waals surface area contributed by atoms with Gasteiger partial charge in [-0.2, -0.15) is 0 Å². The predicted molar refractivity (Wildman–Crippen MR) is 176 cm³/mol. The summed E-state index contributed by atoms with van der Waals surface area (Å²) < 4.78 is 20.2. The minimum atomic E-state index is -1.54. The molecule has 3 aromatic rings. The van der Waals surface area contributed by atoms with Gasteiger partial charge in [0.2, 0.25) is 0 Å². The maximum absolute atomic E-state index is 6.84. The van der Waals surface area contributed by atoms with Gasteiger partial charge in [0.1, 0.15) is 11.2 Å². The molecule has 1 heterocycles. The number of rotatable bonds is 17. The molecular formula is C36H57O3P. The Balaban J connectivity index is 2.38. The molecule has 3 unspecified atom stereocenters. The highest BCUT2D eigenvalue weighted by atomic mass is 31.1. The van der Waals surface area contributed by atoms with Crippen molar-refractivity contribution < 1.29 is 12.9 Å². The Bertz CT molecular complexity index is 1140. The summed E-state index contributed by atoms with van der Waals surface area (Å²) in [5.74, 6) is 1.53. The van der Waals surface area contributed by atoms with Crippen LogP contribution in [0.1, 0.15) is 154 Å². The molecule has 0 amide bonds. The highest BCUT2D eigenvalue weighted by Crippen LogP contribution is 2.41. The van der Waals surface area contributed by atoms with Crippen LogP contribution in [-0.2, 0) is 12.8 Å². The van der Waals surface area contributed by atoms with Crippen LogP contribution in [-0.4, -0.2) is 6.61 Å². The van der Waals surface area contributed by atoms with E-state index in [4.69, 9.17) is 12.9 Å². The van der Waals surface area contributed by atoms with Crippen molar-refractivity contribution in [1.29, 1.82) is 0 Å². The van der Waals surface area contributed by atoms with Crippen LogP contribution in [0.25, 0.3) is 21.9 Å². The molecule has 0 saturated carbocycles. The molecule has 4 heteroatoms. The third-order valence-electron chi connectivity index (χ3n) is 8.92. The van der Waals surface area contributed by atoms with Crippen LogP contribution in [0, 0.1) is 5.92 Å². The second-order valence-corrected chi connectivity index (χ2v) is 13.1. The van der Waals surface area contributed by atoms with E-state index < -0.39 is 8.24 Å². The first-order valence-corrected chi connectivity index (χ1v) is 17.6. The van der Waals surface area contributed by atoms with Crippen molar-refractivity contribution in [3.05, 3.63) is 46.5 Å². The maximum atomic E-state index is 6.84. The molecule has 0 spiro atoms. The van der Waals surface area contributed by atoms with E-state index >= 15 is 0 Å². The molecule has 0 saturated heterocycles. The Hall–Kier alpha value is -1.70. The minimum Gasteiger partial charge on any atom is -0.399 e. The molecule has 224 valence electrons. The summed E-state index contributed by atoms with van der Waals surface area (Å²) in [6, 6.07) is 9.63. The summed E-state index contributed by atoms with van der Waals surface area (Å²) in [7, 11) is -1.54. The van der Waals surface area contributed by atoms with Gasteiger partial charge in [-0.1, -0.05) is 99.6 Å². The fourth-order valence-corrected chi connectivity index (χ4v) is 6.68. The Kier molecular flexibility index (Phi) is 13.7. The lowest BCUT2D eigenvalue weighted by atomic mass is 9.90. The van der Waals surface area contributed by atoms with Crippen molar-refractivity contribution in [3.8, 4) is 0 Å². The lowest BCUT2D eigenvalue weighted by molar-refractivity contribution is 0.276. The largest absolute Gasteiger partial charge is 0.399 e. The van der Waals surface area contributed by atoms with Crippen LogP contribution in [0.4, 0.5) is 0 Å². The van der Waals surface area contributed by atoms with Crippen LogP contribution in [0.2, 0.25) is 0 Å². The van der Waals surface area contributed by atoms with Gasteiger partial charge >= 0.3 is 8.24 Å². The Morgan fingerprint density at radius 1 is 0.650 bits per heavy atom. The molecule has 0 N–H and O–H groups in total. The molecule has 0 radical (unpaired) electrons. The zero-order chi connectivity index (χ0) is 29.1. The summed E-state index contributed by atoms with van der Waals surface area (Å²) in [5, 5.41) is 2.40. The molecule has 0 bridgehead atoms. The number of unbranched alkanes of at least 4 members (excludes halogenated alkanes) is 3. The fraction of sp³-hybridized carbons (Fsp3) is 0.667. The normalized spacial score (nSPS) is 14.6. The van der Waals surface area contributed by atoms with Crippen molar-refractivity contribution in [2.75, 3.05) is 6.61 Å². The van der Waals surface area contributed by atoms with Gasteiger partial charge in [0.05, 0.1) is 6.61 Å². The van der Waals surface area contributed by atoms with E-state index in [1.807, 2.05) is 0 Å². The van der Waals surface area contributed by atoms with Crippen LogP contribution in [0.3, 0.4) is 0 Å². The minimum absolute atomic E-state index is 0.497. The first-order valence-electron chi connectivity index (χ1n) is 16.5. The Labute approximate surface area is 246 Å². The number of hydrogen-bond acceptors (Lipinski definition) is 3. The molecule has 3 rings (SSSR count). The monoisotopic (exact) mass is 568 g/mol. The van der Waals surface area contributed by atoms with Crippen molar-refractivity contribution in [1.82, 2.24) is 0 Å². The molecule has 2 aromatic carbocycles. The summed E-state index contributed by atoms with van der Waals surface area (Å²) >= 11 is 0. The first-order chi connectivity index (χ1) is 19.4. The van der Waals surface area contributed by atoms with E-state index in [-0.39, 0.29) is 0 Å². The molecule has 0 aliphatic rings. The average molecular weight is 569 g/mol. The number of aryl methyl sites for hydroxylation is 2. The van der Waals surface area contributed by atoms with Crippen LogP contribution in [0.5, 0.6) is 0 Å². The average Bonchev–Trinajstić information content (AvgIpc) is 3.14. The second kappa shape index (κ2) is 16.7. The third kappa shape index (κ3) is 8.42. The van der Waals surface area contributed by atoms with E-state index in [0.717, 1.165) is 69.0 Å². The molecule has 1 aromatic heterocycles. The van der Waals surface area contributed by atoms with Crippen LogP contribution >= 0.6 is 8.24 Å². The molecule has 0 aliphatic heterocycles. The van der Waals surface area contributed by atoms with E-state index in [1.54, 1.807) is 0 Å². The Morgan fingerprint density at radius 3 is 1.52 bits per heavy atom. The number of fused-ring (bicyclic) bond motifs is 3. The summed E-state index contributed by atoms with van der Waals surface area (Å²) in [4.78, 5) is 0. The van der Waals surface area contributed by atoms with Gasteiger partial charge in [-0.05, 0) is 97.1 Å². The van der Waals surface area contributed by atoms with E-state index in [1.165, 1.54) is 52.3 Å². The van der Waals surface area contributed by atoms with Gasteiger partial charge in [-0.15, -0.1) is 0 Å². The van der Waals surface area contributed by atoms with Gasteiger partial charge in [-0.25, -0.2) is 0 Å². The Morgan fingerprint density at radius 2 is 1.12 bits per heavy atom. The van der Waals surface area contributed by atoms with Crippen molar-refractivity contribution in [3.63, 3.8) is 0 Å². The predicted octanol–water partition coefficient (Wildman–Crippen LogP) is 12.6. The van der Waals surface area contributed by atoms with E-state index in [9.17, 15) is 0 Å². The van der Waals surface area contributed by atoms with Gasteiger partial charge < -0.3 is 8.39 Å². The zero-order valence-electron chi connectivity index (χ0n) is 26.9. The third-order valence-corrected chi connectivity index (χ3v) is 9.94. The smallest absolute Gasteiger partial charge is 0.387 e. The second-order valence-electron chi connectivity index (χ2n) is 12.1. The van der Waals surface area contributed by atoms with Gasteiger partial charge in [0.25, 0.3) is 0 Å². The van der Waals surface area contributed by atoms with Crippen molar-refractivity contribution in [2.45, 2.75) is 144 Å². The SMILES string of the molecule is CCCCc1cc(C(C)CC)cc2c1op(OCC(CC)CCCC)oc1c(CCCC)cc(C(C)CC)cc12. The van der Waals surface area contributed by atoms with Gasteiger partial charge in [-0.3, -0.25) is 4.52 Å². The standard InChI is InChI=1S/C36H57O3P/c1-9-15-18-28(14-6)25-37-40-38-35-29(19-16-10-2)21-31(26(7)12-4)23-33(35)34-24-32(27(8)13-5)22-30(20-17-11-3)36(34)39-40/h21-24,26-28H,9-20,25H2,1-8H3. The molecule has 3 nitrogen and oxygen atoms in total. The molecule has 0 fully saturated rings. The summed E-state index contributed by atoms with van der Waals surface area (Å²) in [6.45, 7) is 19.0. The van der Waals surface area contributed by atoms with Gasteiger partial charge in [0.15, 0.2) is 0 Å². The van der Waals surface area contributed by atoms with Crippen molar-refractivity contribution in [2.24, 2.45) is 5.92 Å². The van der Waals surface area contributed by atoms with E-state index in [0.29, 0.717) is 24.4 Å². The van der Waals surface area contributed by atoms with E-state index in [2.05, 4.69) is 79.7 Å². The molecule has 3 atom stereocenters. The van der Waals surface area contributed by atoms with Gasteiger partial charge in [0, 0.05) is 10.8 Å². The highest BCUT2D eigenvalue weighted by molar-refractivity contribution is 7.31.